The van der Waals surface area contributed by atoms with Crippen molar-refractivity contribution in [2.75, 3.05) is 0 Å². The Labute approximate surface area is 118 Å². The van der Waals surface area contributed by atoms with Crippen molar-refractivity contribution in [2.24, 2.45) is 0 Å². The van der Waals surface area contributed by atoms with E-state index >= 15 is 0 Å². The van der Waals surface area contributed by atoms with E-state index in [0.29, 0.717) is 17.0 Å². The Balaban J connectivity index is 2.16. The van der Waals surface area contributed by atoms with Crippen molar-refractivity contribution >= 4 is 17.4 Å². The number of carbonyl (C=O) groups excluding carboxylic acids is 1. The van der Waals surface area contributed by atoms with Crippen LogP contribution in [0.3, 0.4) is 0 Å². The zero-order chi connectivity index (χ0) is 13.7. The van der Waals surface area contributed by atoms with Crippen molar-refractivity contribution in [3.8, 4) is 12.3 Å². The summed E-state index contributed by atoms with van der Waals surface area (Å²) in [4.78, 5) is 12.2. The number of terminal acetylenes is 1. The van der Waals surface area contributed by atoms with Crippen molar-refractivity contribution < 1.29 is 4.79 Å². The molecule has 2 aromatic rings. The SMILES string of the molecule is C#C[C@@H](CC(=O)c1cccc(Cl)c1)c1ccccc1. The van der Waals surface area contributed by atoms with Crippen molar-refractivity contribution in [2.45, 2.75) is 12.3 Å². The van der Waals surface area contributed by atoms with Gasteiger partial charge in [-0.05, 0) is 17.7 Å². The highest BCUT2D eigenvalue weighted by molar-refractivity contribution is 6.31. The van der Waals surface area contributed by atoms with E-state index < -0.39 is 0 Å². The number of hydrogen-bond donors (Lipinski definition) is 0. The smallest absolute Gasteiger partial charge is 0.164 e. The quantitative estimate of drug-likeness (QED) is 0.596. The highest BCUT2D eigenvalue weighted by atomic mass is 35.5. The van der Waals surface area contributed by atoms with Crippen LogP contribution in [-0.4, -0.2) is 5.78 Å². The van der Waals surface area contributed by atoms with Gasteiger partial charge in [0, 0.05) is 17.0 Å². The third kappa shape index (κ3) is 3.47. The second kappa shape index (κ2) is 6.22. The number of rotatable bonds is 4. The number of ketones is 1. The largest absolute Gasteiger partial charge is 0.294 e. The molecule has 2 rings (SSSR count). The summed E-state index contributed by atoms with van der Waals surface area (Å²) in [5, 5.41) is 0.558. The van der Waals surface area contributed by atoms with Gasteiger partial charge >= 0.3 is 0 Å². The first-order valence-electron chi connectivity index (χ1n) is 6.00. The van der Waals surface area contributed by atoms with Gasteiger partial charge in [0.05, 0.1) is 5.92 Å². The fourth-order valence-electron chi connectivity index (χ4n) is 1.92. The summed E-state index contributed by atoms with van der Waals surface area (Å²) in [6.07, 6.45) is 5.83. The summed E-state index contributed by atoms with van der Waals surface area (Å²) in [6, 6.07) is 16.6. The van der Waals surface area contributed by atoms with Gasteiger partial charge < -0.3 is 0 Å². The van der Waals surface area contributed by atoms with Gasteiger partial charge in [-0.2, -0.15) is 0 Å². The number of Topliss-reactive ketones (excluding diaryl/α,β-unsaturated/α-hetero) is 1. The van der Waals surface area contributed by atoms with Crippen LogP contribution in [-0.2, 0) is 0 Å². The molecule has 1 nitrogen and oxygen atoms in total. The molecule has 0 aliphatic carbocycles. The van der Waals surface area contributed by atoms with Gasteiger partial charge in [0.25, 0.3) is 0 Å². The fourth-order valence-corrected chi connectivity index (χ4v) is 2.11. The van der Waals surface area contributed by atoms with Crippen LogP contribution in [0.5, 0.6) is 0 Å². The van der Waals surface area contributed by atoms with Crippen LogP contribution in [0.2, 0.25) is 5.02 Å². The van der Waals surface area contributed by atoms with E-state index in [2.05, 4.69) is 5.92 Å². The minimum atomic E-state index is -0.201. The van der Waals surface area contributed by atoms with Crippen LogP contribution in [0.1, 0.15) is 28.3 Å². The molecule has 94 valence electrons. The van der Waals surface area contributed by atoms with Crippen LogP contribution in [0.15, 0.2) is 54.6 Å². The zero-order valence-electron chi connectivity index (χ0n) is 10.3. The van der Waals surface area contributed by atoms with Crippen LogP contribution < -0.4 is 0 Å². The van der Waals surface area contributed by atoms with Crippen molar-refractivity contribution in [1.82, 2.24) is 0 Å². The fraction of sp³-hybridized carbons (Fsp3) is 0.118. The highest BCUT2D eigenvalue weighted by Crippen LogP contribution is 2.22. The predicted molar refractivity (Wildman–Crippen MR) is 78.4 cm³/mol. The van der Waals surface area contributed by atoms with Crippen LogP contribution in [0.4, 0.5) is 0 Å². The van der Waals surface area contributed by atoms with E-state index in [1.165, 1.54) is 0 Å². The summed E-state index contributed by atoms with van der Waals surface area (Å²) in [5.74, 6) is 2.49. The van der Waals surface area contributed by atoms with Gasteiger partial charge in [0.15, 0.2) is 5.78 Å². The molecule has 0 amide bonds. The van der Waals surface area contributed by atoms with Crippen LogP contribution >= 0.6 is 11.6 Å². The van der Waals surface area contributed by atoms with Gasteiger partial charge in [0.2, 0.25) is 0 Å². The first-order chi connectivity index (χ1) is 9.20. The van der Waals surface area contributed by atoms with Crippen molar-refractivity contribution in [3.63, 3.8) is 0 Å². The molecule has 0 N–H and O–H groups in total. The number of benzene rings is 2. The first kappa shape index (κ1) is 13.4. The maximum absolute atomic E-state index is 12.2. The molecule has 19 heavy (non-hydrogen) atoms. The second-order valence-electron chi connectivity index (χ2n) is 4.27. The summed E-state index contributed by atoms with van der Waals surface area (Å²) in [6.45, 7) is 0. The molecule has 0 saturated heterocycles. The third-order valence-electron chi connectivity index (χ3n) is 2.94. The van der Waals surface area contributed by atoms with Gasteiger partial charge in [-0.1, -0.05) is 60.0 Å². The Hall–Kier alpha value is -2.04. The molecule has 0 radical (unpaired) electrons. The van der Waals surface area contributed by atoms with Gasteiger partial charge in [-0.3, -0.25) is 4.79 Å². The van der Waals surface area contributed by atoms with Crippen LogP contribution in [0, 0.1) is 12.3 Å². The van der Waals surface area contributed by atoms with Gasteiger partial charge in [-0.15, -0.1) is 6.42 Å². The predicted octanol–water partition coefficient (Wildman–Crippen LogP) is 4.33. The molecule has 2 heteroatoms. The number of halogens is 1. The normalized spacial score (nSPS) is 11.6. The molecule has 0 spiro atoms. The molecular formula is C17H13ClO. The molecule has 0 aromatic heterocycles. The van der Waals surface area contributed by atoms with E-state index in [1.807, 2.05) is 30.3 Å². The lowest BCUT2D eigenvalue weighted by Gasteiger charge is -2.10. The zero-order valence-corrected chi connectivity index (χ0v) is 11.1. The first-order valence-corrected chi connectivity index (χ1v) is 6.38. The Morgan fingerprint density at radius 2 is 1.89 bits per heavy atom. The maximum atomic E-state index is 12.2. The Morgan fingerprint density at radius 1 is 1.16 bits per heavy atom. The van der Waals surface area contributed by atoms with Crippen molar-refractivity contribution in [3.05, 3.63) is 70.7 Å². The molecule has 1 atom stereocenters. The second-order valence-corrected chi connectivity index (χ2v) is 4.70. The minimum absolute atomic E-state index is 0.00861. The molecule has 0 bridgehead atoms. The lowest BCUT2D eigenvalue weighted by atomic mass is 9.92. The molecule has 0 aliphatic heterocycles. The van der Waals surface area contributed by atoms with E-state index in [9.17, 15) is 4.79 Å². The summed E-state index contributed by atoms with van der Waals surface area (Å²) < 4.78 is 0. The molecule has 0 unspecified atom stereocenters. The van der Waals surface area contributed by atoms with Gasteiger partial charge in [-0.25, -0.2) is 0 Å². The molecule has 2 aromatic carbocycles. The summed E-state index contributed by atoms with van der Waals surface area (Å²) in [7, 11) is 0. The lowest BCUT2D eigenvalue weighted by Crippen LogP contribution is -2.06. The average molecular weight is 269 g/mol. The molecule has 0 saturated carbocycles. The van der Waals surface area contributed by atoms with Crippen molar-refractivity contribution in [1.29, 1.82) is 0 Å². The molecular weight excluding hydrogens is 256 g/mol. The van der Waals surface area contributed by atoms with E-state index in [1.54, 1.807) is 24.3 Å². The van der Waals surface area contributed by atoms with E-state index in [-0.39, 0.29) is 11.7 Å². The topological polar surface area (TPSA) is 17.1 Å². The summed E-state index contributed by atoms with van der Waals surface area (Å²) in [5.41, 5.74) is 1.59. The monoisotopic (exact) mass is 268 g/mol. The Bertz CT molecular complexity index is 611. The number of hydrogen-bond acceptors (Lipinski definition) is 1. The Kier molecular flexibility index (Phi) is 4.39. The number of carbonyl (C=O) groups is 1. The molecule has 0 heterocycles. The van der Waals surface area contributed by atoms with Gasteiger partial charge in [0.1, 0.15) is 0 Å². The molecule has 0 aliphatic rings. The lowest BCUT2D eigenvalue weighted by molar-refractivity contribution is 0.0979. The minimum Gasteiger partial charge on any atom is -0.294 e. The van der Waals surface area contributed by atoms with E-state index in [0.717, 1.165) is 5.56 Å². The van der Waals surface area contributed by atoms with Crippen LogP contribution in [0.25, 0.3) is 0 Å². The highest BCUT2D eigenvalue weighted by Gasteiger charge is 2.15. The summed E-state index contributed by atoms with van der Waals surface area (Å²) >= 11 is 5.88. The Morgan fingerprint density at radius 3 is 2.53 bits per heavy atom. The maximum Gasteiger partial charge on any atom is 0.164 e. The molecule has 0 fully saturated rings. The standard InChI is InChI=1S/C17H13ClO/c1-2-13(14-7-4-3-5-8-14)12-17(19)15-9-6-10-16(18)11-15/h1,3-11,13H,12H2/t13-/m0/s1. The third-order valence-corrected chi connectivity index (χ3v) is 3.17. The van der Waals surface area contributed by atoms with E-state index in [4.69, 9.17) is 18.0 Å². The average Bonchev–Trinajstić information content (AvgIpc) is 2.45.